The molecule has 126 valence electrons. The lowest BCUT2D eigenvalue weighted by molar-refractivity contribution is -0.149. The minimum Gasteiger partial charge on any atom is -0.481 e. The Hall–Kier alpha value is -1.35. The number of likely N-dealkylation sites (tertiary alicyclic amines) is 1. The van der Waals surface area contributed by atoms with Crippen LogP contribution in [0.1, 0.15) is 20.8 Å². The number of carbonyl (C=O) groups is 2. The maximum absolute atomic E-state index is 12.0. The Kier molecular flexibility index (Phi) is 3.93. The van der Waals surface area contributed by atoms with E-state index in [1.165, 1.54) is 9.21 Å². The molecule has 0 saturated carbocycles. The summed E-state index contributed by atoms with van der Waals surface area (Å²) in [4.78, 5) is 24.8. The monoisotopic (exact) mass is 334 g/mol. The molecule has 0 aromatic carbocycles. The van der Waals surface area contributed by atoms with Gasteiger partial charge in [-0.3, -0.25) is 4.79 Å². The van der Waals surface area contributed by atoms with Gasteiger partial charge in [0.05, 0.1) is 12.2 Å². The number of nitrogens with zero attached hydrogens (tertiary/aromatic N) is 2. The van der Waals surface area contributed by atoms with Gasteiger partial charge in [-0.1, -0.05) is 0 Å². The summed E-state index contributed by atoms with van der Waals surface area (Å²) in [6.07, 6.45) is 0.565. The van der Waals surface area contributed by atoms with Crippen molar-refractivity contribution in [2.75, 3.05) is 32.4 Å². The van der Waals surface area contributed by atoms with E-state index in [0.29, 0.717) is 0 Å². The summed E-state index contributed by atoms with van der Waals surface area (Å²) >= 11 is 0. The molecule has 0 aromatic heterocycles. The van der Waals surface area contributed by atoms with Gasteiger partial charge in [-0.2, -0.15) is 0 Å². The molecule has 22 heavy (non-hydrogen) atoms. The molecule has 2 aliphatic heterocycles. The second-order valence-corrected chi connectivity index (χ2v) is 9.13. The lowest BCUT2D eigenvalue weighted by atomic mass is 9.72. The Bertz CT molecular complexity index is 588. The summed E-state index contributed by atoms with van der Waals surface area (Å²) in [5.41, 5.74) is -1.34. The summed E-state index contributed by atoms with van der Waals surface area (Å²) < 4.78 is 29.7. The first-order valence-electron chi connectivity index (χ1n) is 7.00. The van der Waals surface area contributed by atoms with Gasteiger partial charge in [0.15, 0.2) is 0 Å². The van der Waals surface area contributed by atoms with E-state index in [1.807, 2.05) is 0 Å². The van der Waals surface area contributed by atoms with Gasteiger partial charge in [0.25, 0.3) is 0 Å². The number of hydrogen-bond donors (Lipinski definition) is 1. The Balaban J connectivity index is 2.09. The van der Waals surface area contributed by atoms with E-state index in [0.717, 1.165) is 6.26 Å². The summed E-state index contributed by atoms with van der Waals surface area (Å²) in [6, 6.07) is 0. The van der Waals surface area contributed by atoms with Crippen molar-refractivity contribution in [2.45, 2.75) is 26.4 Å². The standard InChI is InChI=1S/C13H22N2O6S/c1-12(2,3)21-11(18)14-6-13(7-14)8-15(22(4,19)20)5-9(13)10(16)17/h9H,5-8H2,1-4H3,(H,16,17). The fraction of sp³-hybridized carbons (Fsp3) is 0.846. The number of hydrogen-bond acceptors (Lipinski definition) is 5. The molecule has 2 heterocycles. The third kappa shape index (κ3) is 3.19. The molecule has 1 amide bonds. The minimum absolute atomic E-state index is 0.0453. The molecule has 1 spiro atoms. The number of carboxylic acid groups (broad SMARTS) is 1. The molecule has 2 saturated heterocycles. The predicted octanol–water partition coefficient (Wildman–Crippen LogP) is 0.200. The van der Waals surface area contributed by atoms with E-state index in [-0.39, 0.29) is 26.2 Å². The third-order valence-corrected chi connectivity index (χ3v) is 5.26. The van der Waals surface area contributed by atoms with E-state index in [4.69, 9.17) is 4.74 Å². The van der Waals surface area contributed by atoms with Gasteiger partial charge in [0.2, 0.25) is 10.0 Å². The molecule has 2 aliphatic rings. The predicted molar refractivity (Wildman–Crippen MR) is 77.8 cm³/mol. The molecule has 0 aromatic rings. The topological polar surface area (TPSA) is 104 Å². The first kappa shape index (κ1) is 17.0. The van der Waals surface area contributed by atoms with Crippen molar-refractivity contribution in [1.29, 1.82) is 0 Å². The molecule has 0 bridgehead atoms. The Morgan fingerprint density at radius 1 is 1.23 bits per heavy atom. The van der Waals surface area contributed by atoms with Gasteiger partial charge in [-0.05, 0) is 20.8 Å². The normalized spacial score (nSPS) is 25.1. The van der Waals surface area contributed by atoms with Crippen molar-refractivity contribution < 1.29 is 27.9 Å². The van der Waals surface area contributed by atoms with Crippen molar-refractivity contribution in [3.8, 4) is 0 Å². The van der Waals surface area contributed by atoms with Gasteiger partial charge in [0.1, 0.15) is 5.60 Å². The molecule has 2 rings (SSSR count). The number of aliphatic carboxylic acids is 1. The van der Waals surface area contributed by atoms with Gasteiger partial charge in [-0.25, -0.2) is 17.5 Å². The lowest BCUT2D eigenvalue weighted by Crippen LogP contribution is -2.63. The smallest absolute Gasteiger partial charge is 0.410 e. The van der Waals surface area contributed by atoms with Crippen LogP contribution in [0.3, 0.4) is 0 Å². The summed E-state index contributed by atoms with van der Waals surface area (Å²) in [5, 5.41) is 9.35. The molecule has 1 atom stereocenters. The minimum atomic E-state index is -3.45. The number of rotatable bonds is 2. The quantitative estimate of drug-likeness (QED) is 0.773. The molecular weight excluding hydrogens is 312 g/mol. The highest BCUT2D eigenvalue weighted by atomic mass is 32.2. The summed E-state index contributed by atoms with van der Waals surface area (Å²) in [6.45, 7) is 5.73. The first-order valence-corrected chi connectivity index (χ1v) is 8.85. The molecule has 2 fully saturated rings. The van der Waals surface area contributed by atoms with Gasteiger partial charge < -0.3 is 14.7 Å². The number of ether oxygens (including phenoxy) is 1. The maximum atomic E-state index is 12.0. The lowest BCUT2D eigenvalue weighted by Gasteiger charge is -2.49. The molecule has 0 radical (unpaired) electrons. The van der Waals surface area contributed by atoms with Gasteiger partial charge >= 0.3 is 12.1 Å². The zero-order valence-corrected chi connectivity index (χ0v) is 14.0. The number of carbonyl (C=O) groups excluding carboxylic acids is 1. The highest BCUT2D eigenvalue weighted by Gasteiger charge is 2.60. The zero-order chi connectivity index (χ0) is 16.9. The summed E-state index contributed by atoms with van der Waals surface area (Å²) in [5.74, 6) is -1.84. The highest BCUT2D eigenvalue weighted by Crippen LogP contribution is 2.45. The molecule has 9 heteroatoms. The largest absolute Gasteiger partial charge is 0.481 e. The Labute approximate surface area is 130 Å². The van der Waals surface area contributed by atoms with Crippen molar-refractivity contribution >= 4 is 22.1 Å². The van der Waals surface area contributed by atoms with Crippen LogP contribution in [0.4, 0.5) is 4.79 Å². The SMILES string of the molecule is CC(C)(C)OC(=O)N1CC2(C1)CN(S(C)(=O)=O)CC2C(=O)O. The zero-order valence-electron chi connectivity index (χ0n) is 13.2. The first-order chi connectivity index (χ1) is 9.84. The van der Waals surface area contributed by atoms with Crippen LogP contribution in [-0.2, 0) is 19.6 Å². The van der Waals surface area contributed by atoms with Gasteiger partial charge in [-0.15, -0.1) is 0 Å². The Morgan fingerprint density at radius 2 is 1.77 bits per heavy atom. The van der Waals surface area contributed by atoms with Crippen molar-refractivity contribution in [3.05, 3.63) is 0 Å². The fourth-order valence-electron chi connectivity index (χ4n) is 3.01. The summed E-state index contributed by atoms with van der Waals surface area (Å²) in [7, 11) is -3.45. The molecular formula is C13H22N2O6S. The van der Waals surface area contributed by atoms with Crippen LogP contribution in [0.15, 0.2) is 0 Å². The van der Waals surface area contributed by atoms with E-state index in [1.54, 1.807) is 20.8 Å². The average Bonchev–Trinajstić information content (AvgIpc) is 2.63. The van der Waals surface area contributed by atoms with Crippen LogP contribution < -0.4 is 0 Å². The molecule has 1 N–H and O–H groups in total. The highest BCUT2D eigenvalue weighted by molar-refractivity contribution is 7.88. The van der Waals surface area contributed by atoms with Crippen molar-refractivity contribution in [3.63, 3.8) is 0 Å². The van der Waals surface area contributed by atoms with E-state index in [2.05, 4.69) is 0 Å². The van der Waals surface area contributed by atoms with Crippen LogP contribution in [0.2, 0.25) is 0 Å². The number of amides is 1. The van der Waals surface area contributed by atoms with E-state index < -0.39 is 39.0 Å². The van der Waals surface area contributed by atoms with E-state index in [9.17, 15) is 23.1 Å². The molecule has 8 nitrogen and oxygen atoms in total. The second-order valence-electron chi connectivity index (χ2n) is 7.15. The van der Waals surface area contributed by atoms with Crippen molar-refractivity contribution in [2.24, 2.45) is 11.3 Å². The second kappa shape index (κ2) is 5.09. The maximum Gasteiger partial charge on any atom is 0.410 e. The third-order valence-electron chi connectivity index (χ3n) is 4.05. The van der Waals surface area contributed by atoms with Crippen LogP contribution >= 0.6 is 0 Å². The van der Waals surface area contributed by atoms with Gasteiger partial charge in [0, 0.05) is 31.6 Å². The average molecular weight is 334 g/mol. The van der Waals surface area contributed by atoms with Crippen LogP contribution in [0.25, 0.3) is 0 Å². The van der Waals surface area contributed by atoms with Crippen LogP contribution in [0, 0.1) is 11.3 Å². The Morgan fingerprint density at radius 3 is 2.18 bits per heavy atom. The molecule has 1 unspecified atom stereocenters. The van der Waals surface area contributed by atoms with Crippen molar-refractivity contribution in [1.82, 2.24) is 9.21 Å². The van der Waals surface area contributed by atoms with Crippen LogP contribution in [0.5, 0.6) is 0 Å². The number of carboxylic acids is 1. The molecule has 0 aliphatic carbocycles. The fourth-order valence-corrected chi connectivity index (χ4v) is 3.92. The van der Waals surface area contributed by atoms with E-state index >= 15 is 0 Å². The number of sulfonamides is 1. The van der Waals surface area contributed by atoms with Crippen LogP contribution in [-0.4, -0.2) is 72.8 Å².